The van der Waals surface area contributed by atoms with Crippen molar-refractivity contribution in [3.8, 4) is 11.4 Å². The third kappa shape index (κ3) is 1.48. The molecule has 0 fully saturated rings. The van der Waals surface area contributed by atoms with E-state index in [9.17, 15) is 9.59 Å². The van der Waals surface area contributed by atoms with Crippen LogP contribution in [0.1, 0.15) is 33.3 Å². The van der Waals surface area contributed by atoms with Gasteiger partial charge in [-0.25, -0.2) is 0 Å². The standard InChI is InChI=1S/C16H9N3O2/c1-8(20)11-7-19-14-12-9(11)4-6-18-15(12)16(21)10-3-2-5-17-13(10)14/h2-7H,1H3. The lowest BCUT2D eigenvalue weighted by atomic mass is 9.90. The molecule has 5 nitrogen and oxygen atoms in total. The highest BCUT2D eigenvalue weighted by atomic mass is 16.1. The summed E-state index contributed by atoms with van der Waals surface area (Å²) >= 11 is 0. The topological polar surface area (TPSA) is 72.8 Å². The molecule has 0 radical (unpaired) electrons. The zero-order chi connectivity index (χ0) is 14.6. The summed E-state index contributed by atoms with van der Waals surface area (Å²) in [5.41, 5.74) is 2.47. The normalized spacial score (nSPS) is 12.3. The zero-order valence-corrected chi connectivity index (χ0v) is 11.1. The molecule has 5 heteroatoms. The van der Waals surface area contributed by atoms with Crippen LogP contribution in [0.25, 0.3) is 22.2 Å². The monoisotopic (exact) mass is 275 g/mol. The third-order valence-electron chi connectivity index (χ3n) is 3.67. The fourth-order valence-corrected chi connectivity index (χ4v) is 2.73. The number of aromatic nitrogens is 3. The molecular weight excluding hydrogens is 266 g/mol. The Labute approximate surface area is 119 Å². The summed E-state index contributed by atoms with van der Waals surface area (Å²) in [5, 5.41) is 1.31. The molecule has 1 aliphatic rings. The van der Waals surface area contributed by atoms with E-state index >= 15 is 0 Å². The predicted molar refractivity (Wildman–Crippen MR) is 76.2 cm³/mol. The van der Waals surface area contributed by atoms with E-state index in [4.69, 9.17) is 0 Å². The molecule has 100 valence electrons. The maximum Gasteiger partial charge on any atom is 0.214 e. The maximum atomic E-state index is 12.6. The molecular formula is C16H9N3O2. The molecule has 3 aromatic rings. The molecule has 0 spiro atoms. The van der Waals surface area contributed by atoms with Crippen LogP contribution in [-0.4, -0.2) is 26.5 Å². The average Bonchev–Trinajstić information content (AvgIpc) is 2.51. The van der Waals surface area contributed by atoms with E-state index in [1.165, 1.54) is 13.1 Å². The zero-order valence-electron chi connectivity index (χ0n) is 11.1. The third-order valence-corrected chi connectivity index (χ3v) is 3.67. The van der Waals surface area contributed by atoms with Crippen LogP contribution in [-0.2, 0) is 0 Å². The van der Waals surface area contributed by atoms with E-state index in [0.29, 0.717) is 39.0 Å². The first-order valence-electron chi connectivity index (χ1n) is 6.47. The molecule has 0 atom stereocenters. The Bertz CT molecular complexity index is 947. The van der Waals surface area contributed by atoms with Gasteiger partial charge in [0.05, 0.1) is 11.3 Å². The number of carbonyl (C=O) groups excluding carboxylic acids is 2. The number of nitrogens with zero attached hydrogens (tertiary/aromatic N) is 3. The van der Waals surface area contributed by atoms with Crippen molar-refractivity contribution in [1.82, 2.24) is 15.0 Å². The van der Waals surface area contributed by atoms with Crippen molar-refractivity contribution in [2.75, 3.05) is 0 Å². The Morgan fingerprint density at radius 1 is 1.00 bits per heavy atom. The Balaban J connectivity index is 2.23. The van der Waals surface area contributed by atoms with Crippen molar-refractivity contribution in [3.05, 3.63) is 53.6 Å². The Kier molecular flexibility index (Phi) is 2.27. The molecule has 21 heavy (non-hydrogen) atoms. The summed E-state index contributed by atoms with van der Waals surface area (Å²) in [4.78, 5) is 37.1. The van der Waals surface area contributed by atoms with Crippen LogP contribution in [0.5, 0.6) is 0 Å². The Morgan fingerprint density at radius 2 is 1.81 bits per heavy atom. The second-order valence-electron chi connectivity index (χ2n) is 4.89. The molecule has 0 saturated carbocycles. The molecule has 0 unspecified atom stereocenters. The molecule has 3 aromatic heterocycles. The SMILES string of the molecule is CC(=O)c1cnc2c3c(nccc13)C(=O)c1cccnc1-2. The smallest absolute Gasteiger partial charge is 0.214 e. The highest BCUT2D eigenvalue weighted by Crippen LogP contribution is 2.36. The average molecular weight is 275 g/mol. The van der Waals surface area contributed by atoms with E-state index in [1.807, 2.05) is 0 Å². The second-order valence-corrected chi connectivity index (χ2v) is 4.89. The molecule has 0 bridgehead atoms. The summed E-state index contributed by atoms with van der Waals surface area (Å²) in [6, 6.07) is 5.17. The molecule has 0 N–H and O–H groups in total. The van der Waals surface area contributed by atoms with Gasteiger partial charge in [-0.05, 0) is 25.1 Å². The number of Topliss-reactive ketones (excluding diaryl/α,β-unsaturated/α-hetero) is 1. The van der Waals surface area contributed by atoms with Crippen LogP contribution in [0.3, 0.4) is 0 Å². The van der Waals surface area contributed by atoms with Gasteiger partial charge in [0.2, 0.25) is 5.78 Å². The minimum absolute atomic E-state index is 0.0922. The van der Waals surface area contributed by atoms with E-state index in [1.54, 1.807) is 30.6 Å². The van der Waals surface area contributed by atoms with Crippen molar-refractivity contribution < 1.29 is 9.59 Å². The molecule has 0 aromatic carbocycles. The Morgan fingerprint density at radius 3 is 2.62 bits per heavy atom. The van der Waals surface area contributed by atoms with Crippen molar-refractivity contribution in [1.29, 1.82) is 0 Å². The van der Waals surface area contributed by atoms with Gasteiger partial charge in [0.1, 0.15) is 11.4 Å². The first kappa shape index (κ1) is 11.8. The highest BCUT2D eigenvalue weighted by Gasteiger charge is 2.29. The van der Waals surface area contributed by atoms with E-state index in [0.717, 1.165) is 0 Å². The van der Waals surface area contributed by atoms with Crippen molar-refractivity contribution in [2.45, 2.75) is 6.92 Å². The second kappa shape index (κ2) is 4.02. The lowest BCUT2D eigenvalue weighted by Crippen LogP contribution is -2.14. The number of fused-ring (bicyclic) bond motifs is 2. The van der Waals surface area contributed by atoms with Crippen molar-refractivity contribution in [3.63, 3.8) is 0 Å². The molecule has 0 aliphatic heterocycles. The van der Waals surface area contributed by atoms with Gasteiger partial charge in [-0.2, -0.15) is 0 Å². The van der Waals surface area contributed by atoms with Crippen molar-refractivity contribution in [2.24, 2.45) is 0 Å². The number of ketones is 2. The lowest BCUT2D eigenvalue weighted by molar-refractivity contribution is 0.101. The quantitative estimate of drug-likeness (QED) is 0.499. The molecule has 0 amide bonds. The van der Waals surface area contributed by atoms with Gasteiger partial charge in [0.25, 0.3) is 0 Å². The van der Waals surface area contributed by atoms with Gasteiger partial charge >= 0.3 is 0 Å². The number of hydrogen-bond donors (Lipinski definition) is 0. The van der Waals surface area contributed by atoms with Crippen molar-refractivity contribution >= 4 is 22.3 Å². The van der Waals surface area contributed by atoms with E-state index < -0.39 is 0 Å². The van der Waals surface area contributed by atoms with Crippen LogP contribution < -0.4 is 0 Å². The number of pyridine rings is 3. The number of carbonyl (C=O) groups is 2. The van der Waals surface area contributed by atoms with Gasteiger partial charge in [-0.1, -0.05) is 0 Å². The summed E-state index contributed by atoms with van der Waals surface area (Å²) in [6.07, 6.45) is 4.71. The maximum absolute atomic E-state index is 12.6. The predicted octanol–water partition coefficient (Wildman–Crippen LogP) is 2.44. The molecule has 0 saturated heterocycles. The van der Waals surface area contributed by atoms with Gasteiger partial charge < -0.3 is 0 Å². The summed E-state index contributed by atoms with van der Waals surface area (Å²) in [6.45, 7) is 1.48. The largest absolute Gasteiger partial charge is 0.294 e. The van der Waals surface area contributed by atoms with E-state index in [2.05, 4.69) is 15.0 Å². The van der Waals surface area contributed by atoms with Crippen LogP contribution in [0.4, 0.5) is 0 Å². The minimum atomic E-state index is -0.182. The molecule has 3 heterocycles. The minimum Gasteiger partial charge on any atom is -0.294 e. The number of rotatable bonds is 1. The lowest BCUT2D eigenvalue weighted by Gasteiger charge is -2.17. The Hall–Kier alpha value is -2.95. The van der Waals surface area contributed by atoms with Crippen LogP contribution in [0.2, 0.25) is 0 Å². The van der Waals surface area contributed by atoms with Crippen LogP contribution in [0.15, 0.2) is 36.8 Å². The van der Waals surface area contributed by atoms with Gasteiger partial charge in [-0.3, -0.25) is 24.5 Å². The van der Waals surface area contributed by atoms with Gasteiger partial charge in [0.15, 0.2) is 5.78 Å². The number of hydrogen-bond acceptors (Lipinski definition) is 5. The summed E-state index contributed by atoms with van der Waals surface area (Å²) < 4.78 is 0. The van der Waals surface area contributed by atoms with Gasteiger partial charge in [0, 0.05) is 34.9 Å². The van der Waals surface area contributed by atoms with Gasteiger partial charge in [-0.15, -0.1) is 0 Å². The molecule has 4 rings (SSSR count). The first-order valence-corrected chi connectivity index (χ1v) is 6.47. The fourth-order valence-electron chi connectivity index (χ4n) is 2.73. The van der Waals surface area contributed by atoms with Crippen LogP contribution in [0, 0.1) is 0 Å². The first-order chi connectivity index (χ1) is 10.2. The summed E-state index contributed by atoms with van der Waals surface area (Å²) in [5.74, 6) is -0.274. The molecule has 1 aliphatic carbocycles. The highest BCUT2D eigenvalue weighted by molar-refractivity contribution is 6.25. The van der Waals surface area contributed by atoms with E-state index in [-0.39, 0.29) is 11.6 Å². The van der Waals surface area contributed by atoms with Crippen LogP contribution >= 0.6 is 0 Å². The summed E-state index contributed by atoms with van der Waals surface area (Å²) in [7, 11) is 0. The fraction of sp³-hybridized carbons (Fsp3) is 0.0625.